The molecule has 5 heteroatoms. The minimum Gasteiger partial charge on any atom is -0.324 e. The highest BCUT2D eigenvalue weighted by atomic mass is 35.5. The molecule has 106 valence electrons. The van der Waals surface area contributed by atoms with Gasteiger partial charge >= 0.3 is 0 Å². The molecule has 0 aliphatic carbocycles. The number of imidazole rings is 1. The highest BCUT2D eigenvalue weighted by molar-refractivity contribution is 6.17. The minimum atomic E-state index is -0.225. The average Bonchev–Trinajstić information content (AvgIpc) is 3.06. The first kappa shape index (κ1) is 12.7. The lowest BCUT2D eigenvalue weighted by Crippen LogP contribution is -2.15. The minimum absolute atomic E-state index is 0.225. The van der Waals surface area contributed by atoms with Crippen molar-refractivity contribution in [1.29, 1.82) is 0 Å². The van der Waals surface area contributed by atoms with Crippen LogP contribution in [0.15, 0.2) is 42.6 Å². The SMILES string of the molecule is Fc1ccc2c(c1)N(c1nc3ccccn3c1CCl)CC2. The molecule has 2 aromatic heterocycles. The maximum absolute atomic E-state index is 13.6. The fraction of sp³-hybridized carbons (Fsp3) is 0.188. The first-order chi connectivity index (χ1) is 10.3. The number of aromatic nitrogens is 2. The van der Waals surface area contributed by atoms with Crippen LogP contribution in [0.25, 0.3) is 5.65 Å². The van der Waals surface area contributed by atoms with Crippen LogP contribution in [0, 0.1) is 5.82 Å². The third kappa shape index (κ3) is 1.90. The molecule has 0 spiro atoms. The van der Waals surface area contributed by atoms with Crippen molar-refractivity contribution in [1.82, 2.24) is 9.38 Å². The number of halogens is 2. The molecule has 0 fully saturated rings. The Morgan fingerprint density at radius 2 is 2.14 bits per heavy atom. The Morgan fingerprint density at radius 1 is 1.24 bits per heavy atom. The topological polar surface area (TPSA) is 20.5 Å². The third-order valence-electron chi connectivity index (χ3n) is 3.93. The van der Waals surface area contributed by atoms with Gasteiger partial charge < -0.3 is 9.30 Å². The summed E-state index contributed by atoms with van der Waals surface area (Å²) in [6.07, 6.45) is 2.84. The van der Waals surface area contributed by atoms with Gasteiger partial charge in [-0.15, -0.1) is 11.6 Å². The Balaban J connectivity index is 1.91. The van der Waals surface area contributed by atoms with Gasteiger partial charge in [0.25, 0.3) is 0 Å². The largest absolute Gasteiger partial charge is 0.324 e. The molecule has 0 bridgehead atoms. The van der Waals surface area contributed by atoms with Crippen LogP contribution in [-0.4, -0.2) is 15.9 Å². The van der Waals surface area contributed by atoms with Crippen LogP contribution in [0.3, 0.4) is 0 Å². The molecule has 21 heavy (non-hydrogen) atoms. The summed E-state index contributed by atoms with van der Waals surface area (Å²) in [5.41, 5.74) is 3.83. The van der Waals surface area contributed by atoms with E-state index < -0.39 is 0 Å². The number of hydrogen-bond acceptors (Lipinski definition) is 2. The molecular formula is C16H13ClFN3. The van der Waals surface area contributed by atoms with E-state index in [4.69, 9.17) is 11.6 Å². The fourth-order valence-corrected chi connectivity index (χ4v) is 3.20. The van der Waals surface area contributed by atoms with Crippen LogP contribution < -0.4 is 4.90 Å². The lowest BCUT2D eigenvalue weighted by atomic mass is 10.2. The van der Waals surface area contributed by atoms with Crippen molar-refractivity contribution < 1.29 is 4.39 Å². The van der Waals surface area contributed by atoms with Crippen molar-refractivity contribution in [3.63, 3.8) is 0 Å². The highest BCUT2D eigenvalue weighted by Crippen LogP contribution is 2.36. The molecule has 3 aromatic rings. The lowest BCUT2D eigenvalue weighted by Gasteiger charge is -2.18. The van der Waals surface area contributed by atoms with Gasteiger partial charge in [0.05, 0.1) is 11.6 Å². The zero-order valence-corrected chi connectivity index (χ0v) is 12.0. The number of fused-ring (bicyclic) bond motifs is 2. The van der Waals surface area contributed by atoms with E-state index in [2.05, 4.69) is 9.88 Å². The predicted molar refractivity (Wildman–Crippen MR) is 81.9 cm³/mol. The summed E-state index contributed by atoms with van der Waals surface area (Å²) in [7, 11) is 0. The fourth-order valence-electron chi connectivity index (χ4n) is 2.95. The van der Waals surface area contributed by atoms with Crippen molar-refractivity contribution in [2.24, 2.45) is 0 Å². The Labute approximate surface area is 126 Å². The number of alkyl halides is 1. The van der Waals surface area contributed by atoms with Crippen LogP contribution in [0.4, 0.5) is 15.9 Å². The highest BCUT2D eigenvalue weighted by Gasteiger charge is 2.25. The number of anilines is 2. The molecule has 4 rings (SSSR count). The van der Waals surface area contributed by atoms with Gasteiger partial charge in [-0.05, 0) is 36.2 Å². The second-order valence-corrected chi connectivity index (χ2v) is 5.39. The summed E-state index contributed by atoms with van der Waals surface area (Å²) < 4.78 is 15.5. The van der Waals surface area contributed by atoms with E-state index in [0.29, 0.717) is 5.88 Å². The van der Waals surface area contributed by atoms with Crippen molar-refractivity contribution in [2.75, 3.05) is 11.4 Å². The predicted octanol–water partition coefficient (Wildman–Crippen LogP) is 3.91. The maximum atomic E-state index is 13.6. The van der Waals surface area contributed by atoms with Gasteiger partial charge in [-0.1, -0.05) is 12.1 Å². The van der Waals surface area contributed by atoms with E-state index in [9.17, 15) is 4.39 Å². The van der Waals surface area contributed by atoms with Gasteiger partial charge in [-0.2, -0.15) is 0 Å². The number of benzene rings is 1. The Kier molecular flexibility index (Phi) is 2.86. The molecule has 3 heterocycles. The average molecular weight is 302 g/mol. The third-order valence-corrected chi connectivity index (χ3v) is 4.19. The van der Waals surface area contributed by atoms with E-state index in [1.807, 2.05) is 34.9 Å². The van der Waals surface area contributed by atoms with Crippen LogP contribution in [0.1, 0.15) is 11.3 Å². The second kappa shape index (κ2) is 4.74. The molecule has 1 aromatic carbocycles. The van der Waals surface area contributed by atoms with Crippen LogP contribution in [0.5, 0.6) is 0 Å². The van der Waals surface area contributed by atoms with Gasteiger partial charge in [0, 0.05) is 18.4 Å². The molecule has 1 aliphatic rings. The lowest BCUT2D eigenvalue weighted by molar-refractivity contribution is 0.628. The van der Waals surface area contributed by atoms with Crippen LogP contribution in [0.2, 0.25) is 0 Å². The normalized spacial score (nSPS) is 13.9. The quantitative estimate of drug-likeness (QED) is 0.669. The molecule has 0 saturated carbocycles. The molecule has 0 N–H and O–H groups in total. The van der Waals surface area contributed by atoms with Gasteiger partial charge in [0.1, 0.15) is 11.5 Å². The summed E-state index contributed by atoms with van der Waals surface area (Å²) in [6, 6.07) is 10.8. The van der Waals surface area contributed by atoms with Crippen molar-refractivity contribution >= 4 is 28.8 Å². The van der Waals surface area contributed by atoms with E-state index in [1.54, 1.807) is 6.07 Å². The maximum Gasteiger partial charge on any atom is 0.156 e. The molecule has 0 unspecified atom stereocenters. The molecular weight excluding hydrogens is 289 g/mol. The summed E-state index contributed by atoms with van der Waals surface area (Å²) in [5.74, 6) is 0.958. The van der Waals surface area contributed by atoms with Crippen LogP contribution >= 0.6 is 11.6 Å². The molecule has 0 radical (unpaired) electrons. The van der Waals surface area contributed by atoms with Crippen molar-refractivity contribution in [2.45, 2.75) is 12.3 Å². The molecule has 3 nitrogen and oxygen atoms in total. The van der Waals surface area contributed by atoms with Crippen LogP contribution in [-0.2, 0) is 12.3 Å². The van der Waals surface area contributed by atoms with Gasteiger partial charge in [0.2, 0.25) is 0 Å². The molecule has 0 amide bonds. The number of pyridine rings is 1. The van der Waals surface area contributed by atoms with Gasteiger partial charge in [-0.25, -0.2) is 9.37 Å². The number of nitrogens with zero attached hydrogens (tertiary/aromatic N) is 3. The van der Waals surface area contributed by atoms with Crippen molar-refractivity contribution in [3.8, 4) is 0 Å². The van der Waals surface area contributed by atoms with E-state index in [1.165, 1.54) is 6.07 Å². The van der Waals surface area contributed by atoms with Gasteiger partial charge in [0.15, 0.2) is 5.82 Å². The first-order valence-corrected chi connectivity index (χ1v) is 7.39. The van der Waals surface area contributed by atoms with E-state index >= 15 is 0 Å². The molecule has 0 saturated heterocycles. The monoisotopic (exact) mass is 301 g/mol. The Morgan fingerprint density at radius 3 is 3.00 bits per heavy atom. The van der Waals surface area contributed by atoms with Crippen molar-refractivity contribution in [3.05, 3.63) is 59.7 Å². The van der Waals surface area contributed by atoms with E-state index in [0.717, 1.165) is 41.4 Å². The molecule has 0 atom stereocenters. The standard InChI is InChI=1S/C16H13ClFN3/c17-10-14-16(19-15-3-1-2-7-20(14)15)21-8-6-11-4-5-12(18)9-13(11)21/h1-5,7,9H,6,8,10H2. The molecule has 1 aliphatic heterocycles. The Hall–Kier alpha value is -2.07. The summed E-state index contributed by atoms with van der Waals surface area (Å²) >= 11 is 6.13. The van der Waals surface area contributed by atoms with Gasteiger partial charge in [-0.3, -0.25) is 0 Å². The zero-order valence-electron chi connectivity index (χ0n) is 11.3. The smallest absolute Gasteiger partial charge is 0.156 e. The summed E-state index contributed by atoms with van der Waals surface area (Å²) in [5, 5.41) is 0. The summed E-state index contributed by atoms with van der Waals surface area (Å²) in [6.45, 7) is 0.798. The number of rotatable bonds is 2. The zero-order chi connectivity index (χ0) is 14.4. The Bertz CT molecular complexity index is 828. The second-order valence-electron chi connectivity index (χ2n) is 5.12. The summed E-state index contributed by atoms with van der Waals surface area (Å²) in [4.78, 5) is 6.73. The number of hydrogen-bond donors (Lipinski definition) is 0. The van der Waals surface area contributed by atoms with E-state index in [-0.39, 0.29) is 5.82 Å². The first-order valence-electron chi connectivity index (χ1n) is 6.86.